The minimum atomic E-state index is -0.748. The third kappa shape index (κ3) is 2.29. The van der Waals surface area contributed by atoms with Crippen LogP contribution in [0.4, 0.5) is 4.39 Å². The van der Waals surface area contributed by atoms with Gasteiger partial charge >= 0.3 is 5.97 Å². The lowest BCUT2D eigenvalue weighted by molar-refractivity contribution is 0.0595. The number of rotatable bonds is 2. The Labute approximate surface area is 103 Å². The number of aromatic hydroxyl groups is 1. The molecular formula is C13H10FNO3. The van der Waals surface area contributed by atoms with Gasteiger partial charge in [0.15, 0.2) is 0 Å². The maximum atomic E-state index is 13.4. The summed E-state index contributed by atoms with van der Waals surface area (Å²) in [7, 11) is 1.18. The SMILES string of the molecule is COC(=O)c1cc(-c2cncc(O)c2)ccc1F. The van der Waals surface area contributed by atoms with Gasteiger partial charge < -0.3 is 9.84 Å². The van der Waals surface area contributed by atoms with Crippen LogP contribution in [0, 0.1) is 5.82 Å². The number of ether oxygens (including phenoxy) is 1. The summed E-state index contributed by atoms with van der Waals surface area (Å²) in [4.78, 5) is 15.2. The van der Waals surface area contributed by atoms with Crippen molar-refractivity contribution < 1.29 is 19.0 Å². The van der Waals surface area contributed by atoms with Gasteiger partial charge in [0.1, 0.15) is 11.6 Å². The molecule has 1 heterocycles. The molecule has 92 valence electrons. The lowest BCUT2D eigenvalue weighted by Crippen LogP contribution is -2.04. The Kier molecular flexibility index (Phi) is 3.23. The van der Waals surface area contributed by atoms with Gasteiger partial charge in [0.05, 0.1) is 18.9 Å². The highest BCUT2D eigenvalue weighted by atomic mass is 19.1. The number of methoxy groups -OCH3 is 1. The zero-order chi connectivity index (χ0) is 13.1. The number of nitrogens with zero attached hydrogens (tertiary/aromatic N) is 1. The number of carbonyl (C=O) groups is 1. The smallest absolute Gasteiger partial charge is 0.340 e. The number of pyridine rings is 1. The topological polar surface area (TPSA) is 59.4 Å². The maximum Gasteiger partial charge on any atom is 0.340 e. The fourth-order valence-electron chi connectivity index (χ4n) is 1.56. The predicted octanol–water partition coefficient (Wildman–Crippen LogP) is 2.38. The molecule has 1 aromatic heterocycles. The highest BCUT2D eigenvalue weighted by molar-refractivity contribution is 5.91. The monoisotopic (exact) mass is 247 g/mol. The van der Waals surface area contributed by atoms with Gasteiger partial charge in [-0.1, -0.05) is 6.07 Å². The Balaban J connectivity index is 2.50. The first-order valence-corrected chi connectivity index (χ1v) is 5.14. The van der Waals surface area contributed by atoms with E-state index in [1.807, 2.05) is 0 Å². The van der Waals surface area contributed by atoms with Crippen molar-refractivity contribution >= 4 is 5.97 Å². The molecular weight excluding hydrogens is 237 g/mol. The van der Waals surface area contributed by atoms with Crippen LogP contribution >= 0.6 is 0 Å². The second kappa shape index (κ2) is 4.83. The van der Waals surface area contributed by atoms with Crippen LogP contribution in [-0.4, -0.2) is 23.2 Å². The Morgan fingerprint density at radius 1 is 1.28 bits per heavy atom. The van der Waals surface area contributed by atoms with Crippen LogP contribution in [0.2, 0.25) is 0 Å². The maximum absolute atomic E-state index is 13.4. The Hall–Kier alpha value is -2.43. The lowest BCUT2D eigenvalue weighted by Gasteiger charge is -2.05. The molecule has 0 saturated carbocycles. The molecule has 0 saturated heterocycles. The average Bonchev–Trinajstić information content (AvgIpc) is 2.38. The van der Waals surface area contributed by atoms with Crippen molar-refractivity contribution in [2.75, 3.05) is 7.11 Å². The van der Waals surface area contributed by atoms with E-state index in [0.29, 0.717) is 11.1 Å². The van der Waals surface area contributed by atoms with Crippen molar-refractivity contribution in [3.8, 4) is 16.9 Å². The van der Waals surface area contributed by atoms with Crippen molar-refractivity contribution in [3.05, 3.63) is 48.0 Å². The quantitative estimate of drug-likeness (QED) is 0.828. The molecule has 0 unspecified atom stereocenters. The highest BCUT2D eigenvalue weighted by Gasteiger charge is 2.13. The largest absolute Gasteiger partial charge is 0.506 e. The van der Waals surface area contributed by atoms with E-state index in [1.54, 1.807) is 0 Å². The summed E-state index contributed by atoms with van der Waals surface area (Å²) in [6.07, 6.45) is 2.79. The third-order valence-electron chi connectivity index (χ3n) is 2.43. The number of halogens is 1. The van der Waals surface area contributed by atoms with Crippen LogP contribution in [-0.2, 0) is 4.74 Å². The summed E-state index contributed by atoms with van der Waals surface area (Å²) < 4.78 is 17.9. The molecule has 0 amide bonds. The van der Waals surface area contributed by atoms with Gasteiger partial charge in [-0.2, -0.15) is 0 Å². The van der Waals surface area contributed by atoms with Gasteiger partial charge in [0.25, 0.3) is 0 Å². The van der Waals surface area contributed by atoms with Crippen LogP contribution in [0.5, 0.6) is 5.75 Å². The van der Waals surface area contributed by atoms with Gasteiger partial charge in [-0.3, -0.25) is 4.98 Å². The fourth-order valence-corrected chi connectivity index (χ4v) is 1.56. The van der Waals surface area contributed by atoms with Crippen molar-refractivity contribution in [2.45, 2.75) is 0 Å². The number of benzene rings is 1. The summed E-state index contributed by atoms with van der Waals surface area (Å²) in [6, 6.07) is 5.50. The van der Waals surface area contributed by atoms with E-state index in [1.165, 1.54) is 43.8 Å². The Bertz CT molecular complexity index is 599. The Morgan fingerprint density at radius 3 is 2.72 bits per heavy atom. The van der Waals surface area contributed by atoms with E-state index in [-0.39, 0.29) is 11.3 Å². The molecule has 0 aliphatic carbocycles. The molecule has 0 radical (unpaired) electrons. The minimum absolute atomic E-state index is 0.00329. The van der Waals surface area contributed by atoms with E-state index in [2.05, 4.69) is 9.72 Å². The molecule has 0 fully saturated rings. The van der Waals surface area contributed by atoms with Crippen molar-refractivity contribution in [1.29, 1.82) is 0 Å². The minimum Gasteiger partial charge on any atom is -0.506 e. The van der Waals surface area contributed by atoms with E-state index >= 15 is 0 Å². The summed E-state index contributed by atoms with van der Waals surface area (Å²) in [6.45, 7) is 0. The molecule has 1 N–H and O–H groups in total. The van der Waals surface area contributed by atoms with E-state index < -0.39 is 11.8 Å². The summed E-state index contributed by atoms with van der Waals surface area (Å²) >= 11 is 0. The second-order valence-corrected chi connectivity index (χ2v) is 3.62. The van der Waals surface area contributed by atoms with Crippen molar-refractivity contribution in [1.82, 2.24) is 4.98 Å². The normalized spacial score (nSPS) is 10.1. The summed E-state index contributed by atoms with van der Waals surface area (Å²) in [5.74, 6) is -1.40. The molecule has 5 heteroatoms. The number of esters is 1. The zero-order valence-corrected chi connectivity index (χ0v) is 9.55. The Morgan fingerprint density at radius 2 is 2.06 bits per heavy atom. The van der Waals surface area contributed by atoms with E-state index in [9.17, 15) is 14.3 Å². The van der Waals surface area contributed by atoms with Crippen molar-refractivity contribution in [2.24, 2.45) is 0 Å². The fraction of sp³-hybridized carbons (Fsp3) is 0.0769. The molecule has 0 bridgehead atoms. The first kappa shape index (κ1) is 12.0. The van der Waals surface area contributed by atoms with Crippen molar-refractivity contribution in [3.63, 3.8) is 0 Å². The van der Waals surface area contributed by atoms with Crippen LogP contribution < -0.4 is 0 Å². The third-order valence-corrected chi connectivity index (χ3v) is 2.43. The number of hydrogen-bond acceptors (Lipinski definition) is 4. The van der Waals surface area contributed by atoms with Gasteiger partial charge in [0.2, 0.25) is 0 Å². The first-order valence-electron chi connectivity index (χ1n) is 5.14. The molecule has 0 spiro atoms. The summed E-state index contributed by atoms with van der Waals surface area (Å²) in [5.41, 5.74) is 0.999. The van der Waals surface area contributed by atoms with Gasteiger partial charge in [0, 0.05) is 11.8 Å². The number of aromatic nitrogens is 1. The molecule has 1 aromatic carbocycles. The molecule has 2 rings (SSSR count). The lowest BCUT2D eigenvalue weighted by atomic mass is 10.0. The predicted molar refractivity (Wildman–Crippen MR) is 62.6 cm³/mol. The van der Waals surface area contributed by atoms with E-state index in [4.69, 9.17) is 0 Å². The molecule has 4 nitrogen and oxygen atoms in total. The van der Waals surface area contributed by atoms with Crippen LogP contribution in [0.15, 0.2) is 36.7 Å². The van der Waals surface area contributed by atoms with Crippen LogP contribution in [0.25, 0.3) is 11.1 Å². The summed E-state index contributed by atoms with van der Waals surface area (Å²) in [5, 5.41) is 9.33. The van der Waals surface area contributed by atoms with Gasteiger partial charge in [-0.05, 0) is 23.8 Å². The standard InChI is InChI=1S/C13H10FNO3/c1-18-13(17)11-5-8(2-3-12(11)14)9-4-10(16)7-15-6-9/h2-7,16H,1H3. The molecule has 0 aliphatic rings. The van der Waals surface area contributed by atoms with E-state index in [0.717, 1.165) is 0 Å². The zero-order valence-electron chi connectivity index (χ0n) is 9.55. The molecule has 0 atom stereocenters. The van der Waals surface area contributed by atoms with Gasteiger partial charge in [-0.15, -0.1) is 0 Å². The second-order valence-electron chi connectivity index (χ2n) is 3.62. The first-order chi connectivity index (χ1) is 8.61. The van der Waals surface area contributed by atoms with Crippen LogP contribution in [0.3, 0.4) is 0 Å². The molecule has 2 aromatic rings. The van der Waals surface area contributed by atoms with Crippen LogP contribution in [0.1, 0.15) is 10.4 Å². The number of carbonyl (C=O) groups excluding carboxylic acids is 1. The average molecular weight is 247 g/mol. The van der Waals surface area contributed by atoms with Gasteiger partial charge in [-0.25, -0.2) is 9.18 Å². The molecule has 0 aliphatic heterocycles. The number of hydrogen-bond donors (Lipinski definition) is 1. The molecule has 18 heavy (non-hydrogen) atoms. The highest BCUT2D eigenvalue weighted by Crippen LogP contribution is 2.24.